The van der Waals surface area contributed by atoms with E-state index in [0.29, 0.717) is 17.4 Å². The average Bonchev–Trinajstić information content (AvgIpc) is 3.36. The summed E-state index contributed by atoms with van der Waals surface area (Å²) in [5.74, 6) is 1.64. The highest BCUT2D eigenvalue weighted by molar-refractivity contribution is 7.80. The van der Waals surface area contributed by atoms with Gasteiger partial charge in [-0.15, -0.1) is 0 Å². The second-order valence-electron chi connectivity index (χ2n) is 8.03. The zero-order chi connectivity index (χ0) is 24.9. The van der Waals surface area contributed by atoms with Crippen LogP contribution < -0.4 is 16.4 Å². The van der Waals surface area contributed by atoms with Gasteiger partial charge in [0.15, 0.2) is 10.9 Å². The molecular weight excluding hydrogens is 472 g/mol. The molecule has 4 aromatic heterocycles. The Morgan fingerprint density at radius 3 is 2.47 bits per heavy atom. The predicted octanol–water partition coefficient (Wildman–Crippen LogP) is 4.01. The smallest absolute Gasteiger partial charge is 0.219 e. The number of hydrogen-bond donors (Lipinski definition) is 4. The summed E-state index contributed by atoms with van der Waals surface area (Å²) in [5, 5.41) is 14.2. The minimum Gasteiger partial charge on any atom is -0.368 e. The molecule has 0 radical (unpaired) electrons. The molecular formula is C25H22N10S. The molecule has 0 atom stereocenters. The highest BCUT2D eigenvalue weighted by Crippen LogP contribution is 2.22. The van der Waals surface area contributed by atoms with Crippen molar-refractivity contribution in [3.63, 3.8) is 0 Å². The van der Waals surface area contributed by atoms with Gasteiger partial charge in [-0.25, -0.2) is 15.0 Å². The molecule has 0 aliphatic carbocycles. The Morgan fingerprint density at radius 1 is 0.889 bits per heavy atom. The second-order valence-corrected chi connectivity index (χ2v) is 8.44. The van der Waals surface area contributed by atoms with Crippen molar-refractivity contribution in [1.82, 2.24) is 35.1 Å². The molecule has 0 aliphatic rings. The van der Waals surface area contributed by atoms with Gasteiger partial charge in [0.1, 0.15) is 5.82 Å². The first kappa shape index (κ1) is 23.0. The third-order valence-corrected chi connectivity index (χ3v) is 5.64. The first-order chi connectivity index (χ1) is 17.5. The number of hydrogen-bond acceptors (Lipinski definition) is 8. The Kier molecular flexibility index (Phi) is 6.54. The molecule has 0 fully saturated rings. The van der Waals surface area contributed by atoms with Crippen LogP contribution in [0.5, 0.6) is 0 Å². The van der Waals surface area contributed by atoms with Crippen molar-refractivity contribution in [3.8, 4) is 22.5 Å². The summed E-state index contributed by atoms with van der Waals surface area (Å²) in [6.45, 7) is 2.06. The Labute approximate surface area is 212 Å². The molecule has 5 aromatic rings. The summed E-state index contributed by atoms with van der Waals surface area (Å²) < 4.78 is 0. The van der Waals surface area contributed by atoms with E-state index in [1.807, 2.05) is 30.3 Å². The minimum absolute atomic E-state index is 0.223. The van der Waals surface area contributed by atoms with Gasteiger partial charge in [0.2, 0.25) is 5.95 Å². The lowest BCUT2D eigenvalue weighted by molar-refractivity contribution is 0.966. The van der Waals surface area contributed by atoms with Crippen LogP contribution in [0.25, 0.3) is 22.5 Å². The van der Waals surface area contributed by atoms with Gasteiger partial charge in [0.25, 0.3) is 0 Å². The Morgan fingerprint density at radius 2 is 1.67 bits per heavy atom. The lowest BCUT2D eigenvalue weighted by atomic mass is 10.0. The molecule has 10 nitrogen and oxygen atoms in total. The monoisotopic (exact) mass is 494 g/mol. The standard InChI is InChI=1S/C25H22N10S/c1-15-2-3-20(8-17(15)10-22-33-23(35-34-22)16-4-6-27-7-5-16)31-25(36)32-21-9-18(11-28-14-21)19-12-29-24(26)30-13-19/h2-9,11-14H,10H2,1H3,(H2,26,29,30)(H2,31,32,36)(H,33,34,35). The van der Waals surface area contributed by atoms with Crippen molar-refractivity contribution in [2.45, 2.75) is 13.3 Å². The first-order valence-corrected chi connectivity index (χ1v) is 11.5. The van der Waals surface area contributed by atoms with Crippen molar-refractivity contribution < 1.29 is 0 Å². The predicted molar refractivity (Wildman–Crippen MR) is 143 cm³/mol. The van der Waals surface area contributed by atoms with E-state index in [9.17, 15) is 0 Å². The fraction of sp³-hybridized carbons (Fsp3) is 0.0800. The normalized spacial score (nSPS) is 10.7. The molecule has 5 rings (SSSR count). The number of aromatic nitrogens is 7. The van der Waals surface area contributed by atoms with Gasteiger partial charge in [0, 0.05) is 59.8 Å². The maximum absolute atomic E-state index is 5.58. The van der Waals surface area contributed by atoms with Gasteiger partial charge < -0.3 is 16.4 Å². The number of aryl methyl sites for hydroxylation is 1. The van der Waals surface area contributed by atoms with Gasteiger partial charge in [-0.3, -0.25) is 15.1 Å². The summed E-state index contributed by atoms with van der Waals surface area (Å²) in [6, 6.07) is 11.8. The highest BCUT2D eigenvalue weighted by Gasteiger charge is 2.10. The zero-order valence-electron chi connectivity index (χ0n) is 19.3. The number of nitrogens with one attached hydrogen (secondary N) is 3. The van der Waals surface area contributed by atoms with E-state index < -0.39 is 0 Å². The molecule has 0 saturated carbocycles. The van der Waals surface area contributed by atoms with Crippen LogP contribution >= 0.6 is 12.2 Å². The molecule has 0 amide bonds. The maximum Gasteiger partial charge on any atom is 0.219 e. The number of nitrogens with two attached hydrogens (primary N) is 1. The van der Waals surface area contributed by atoms with Gasteiger partial charge in [-0.1, -0.05) is 6.07 Å². The van der Waals surface area contributed by atoms with E-state index in [-0.39, 0.29) is 5.95 Å². The van der Waals surface area contributed by atoms with Crippen molar-refractivity contribution in [2.75, 3.05) is 16.4 Å². The summed E-state index contributed by atoms with van der Waals surface area (Å²) in [7, 11) is 0. The quantitative estimate of drug-likeness (QED) is 0.256. The molecule has 1 aromatic carbocycles. The largest absolute Gasteiger partial charge is 0.368 e. The molecule has 4 heterocycles. The van der Waals surface area contributed by atoms with Gasteiger partial charge in [0.05, 0.1) is 11.9 Å². The Bertz CT molecular complexity index is 1500. The molecule has 11 heteroatoms. The van der Waals surface area contributed by atoms with Crippen LogP contribution in [0.15, 0.2) is 73.6 Å². The van der Waals surface area contributed by atoms with Gasteiger partial charge >= 0.3 is 0 Å². The number of benzene rings is 1. The van der Waals surface area contributed by atoms with Crippen molar-refractivity contribution in [3.05, 3.63) is 90.5 Å². The van der Waals surface area contributed by atoms with E-state index in [1.54, 1.807) is 37.2 Å². The molecule has 36 heavy (non-hydrogen) atoms. The first-order valence-electron chi connectivity index (χ1n) is 11.1. The average molecular weight is 495 g/mol. The highest BCUT2D eigenvalue weighted by atomic mass is 32.1. The number of aromatic amines is 1. The third kappa shape index (κ3) is 5.47. The number of nitrogen functional groups attached to an aromatic ring is 1. The van der Waals surface area contributed by atoms with E-state index in [0.717, 1.165) is 45.0 Å². The van der Waals surface area contributed by atoms with Crippen LogP contribution in [0.1, 0.15) is 17.0 Å². The number of H-pyrrole nitrogens is 1. The van der Waals surface area contributed by atoms with Crippen molar-refractivity contribution >= 4 is 34.7 Å². The number of nitrogens with zero attached hydrogens (tertiary/aromatic N) is 6. The molecule has 0 bridgehead atoms. The maximum atomic E-state index is 5.58. The SMILES string of the molecule is Cc1ccc(NC(=S)Nc2cncc(-c3cnc(N)nc3)c2)cc1Cc1nc(-c2ccncc2)n[nH]1. The van der Waals surface area contributed by atoms with Crippen LogP contribution in [0.3, 0.4) is 0 Å². The summed E-state index contributed by atoms with van der Waals surface area (Å²) in [4.78, 5) is 21.0. The van der Waals surface area contributed by atoms with Crippen LogP contribution in [0, 0.1) is 6.92 Å². The fourth-order valence-electron chi connectivity index (χ4n) is 3.57. The minimum atomic E-state index is 0.223. The molecule has 0 unspecified atom stereocenters. The van der Waals surface area contributed by atoms with E-state index in [1.165, 1.54) is 0 Å². The summed E-state index contributed by atoms with van der Waals surface area (Å²) in [6.07, 6.45) is 10.8. The van der Waals surface area contributed by atoms with E-state index >= 15 is 0 Å². The number of pyridine rings is 2. The van der Waals surface area contributed by atoms with Crippen molar-refractivity contribution in [2.24, 2.45) is 0 Å². The summed E-state index contributed by atoms with van der Waals surface area (Å²) in [5.41, 5.74) is 12.0. The lowest BCUT2D eigenvalue weighted by Gasteiger charge is -2.13. The molecule has 0 spiro atoms. The van der Waals surface area contributed by atoms with Crippen LogP contribution in [-0.2, 0) is 6.42 Å². The number of thiocarbonyl (C=S) groups is 1. The topological polar surface area (TPSA) is 143 Å². The molecule has 178 valence electrons. The van der Waals surface area contributed by atoms with Crippen molar-refractivity contribution in [1.29, 1.82) is 0 Å². The lowest BCUT2D eigenvalue weighted by Crippen LogP contribution is -2.19. The Balaban J connectivity index is 1.26. The Hall–Kier alpha value is -4.77. The zero-order valence-corrected chi connectivity index (χ0v) is 20.1. The van der Waals surface area contributed by atoms with Crippen LogP contribution in [0.4, 0.5) is 17.3 Å². The number of anilines is 3. The van der Waals surface area contributed by atoms with Gasteiger partial charge in [-0.2, -0.15) is 5.10 Å². The fourth-order valence-corrected chi connectivity index (χ4v) is 3.81. The van der Waals surface area contributed by atoms with E-state index in [4.69, 9.17) is 18.0 Å². The van der Waals surface area contributed by atoms with E-state index in [2.05, 4.69) is 58.7 Å². The third-order valence-electron chi connectivity index (χ3n) is 5.44. The molecule has 0 saturated heterocycles. The summed E-state index contributed by atoms with van der Waals surface area (Å²) >= 11 is 5.53. The number of rotatable bonds is 6. The van der Waals surface area contributed by atoms with Crippen LogP contribution in [0.2, 0.25) is 0 Å². The molecule has 5 N–H and O–H groups in total. The molecule has 0 aliphatic heterocycles. The van der Waals surface area contributed by atoms with Crippen LogP contribution in [-0.4, -0.2) is 40.2 Å². The second kappa shape index (κ2) is 10.2. The van der Waals surface area contributed by atoms with Gasteiger partial charge in [-0.05, 0) is 60.6 Å².